The molecule has 4 aromatic rings. The quantitative estimate of drug-likeness (QED) is 0.382. The Morgan fingerprint density at radius 2 is 2.03 bits per heavy atom. The number of fused-ring (bicyclic) bond motifs is 1. The van der Waals surface area contributed by atoms with Crippen LogP contribution in [0.1, 0.15) is 11.9 Å². The van der Waals surface area contributed by atoms with Crippen molar-refractivity contribution >= 4 is 55.7 Å². The van der Waals surface area contributed by atoms with Crippen molar-refractivity contribution in [1.29, 1.82) is 0 Å². The largest absolute Gasteiger partial charge is 0.325 e. The van der Waals surface area contributed by atoms with E-state index in [1.54, 1.807) is 17.4 Å². The number of benzene rings is 2. The highest BCUT2D eigenvalue weighted by molar-refractivity contribution is 7.99. The smallest absolute Gasteiger partial charge is 0.238 e. The van der Waals surface area contributed by atoms with Gasteiger partial charge in [-0.2, -0.15) is 0 Å². The number of thiazole rings is 1. The first-order valence-electron chi connectivity index (χ1n) is 9.73. The van der Waals surface area contributed by atoms with E-state index < -0.39 is 10.0 Å². The number of carbonyl (C=O) groups is 1. The number of sulfonamides is 1. The highest BCUT2D eigenvalue weighted by Gasteiger charge is 2.16. The maximum atomic E-state index is 12.6. The van der Waals surface area contributed by atoms with Crippen molar-refractivity contribution in [1.82, 2.24) is 14.5 Å². The third kappa shape index (κ3) is 4.85. The molecule has 0 saturated carbocycles. The Morgan fingerprint density at radius 3 is 2.72 bits per heavy atom. The number of imidazole rings is 1. The summed E-state index contributed by atoms with van der Waals surface area (Å²) in [5, 5.41) is 11.7. The average molecular weight is 488 g/mol. The van der Waals surface area contributed by atoms with E-state index in [1.165, 1.54) is 23.9 Å². The van der Waals surface area contributed by atoms with E-state index in [9.17, 15) is 13.2 Å². The van der Waals surface area contributed by atoms with Crippen molar-refractivity contribution in [2.45, 2.75) is 30.4 Å². The number of anilines is 1. The molecule has 0 saturated heterocycles. The number of nitrogens with one attached hydrogen (secondary N) is 1. The summed E-state index contributed by atoms with van der Waals surface area (Å²) in [6, 6.07) is 12.2. The van der Waals surface area contributed by atoms with Crippen molar-refractivity contribution in [3.8, 4) is 11.3 Å². The fraction of sp³-hybridized carbons (Fsp3) is 0.190. The van der Waals surface area contributed by atoms with Gasteiger partial charge in [0.1, 0.15) is 0 Å². The lowest BCUT2D eigenvalue weighted by atomic mass is 10.1. The van der Waals surface area contributed by atoms with E-state index in [4.69, 9.17) is 5.14 Å². The monoisotopic (exact) mass is 487 g/mol. The number of hydrogen-bond acceptors (Lipinski definition) is 7. The Morgan fingerprint density at radius 1 is 1.22 bits per heavy atom. The highest BCUT2D eigenvalue weighted by Crippen LogP contribution is 2.27. The minimum absolute atomic E-state index is 0.00948. The number of nitrogens with two attached hydrogens (primary N) is 1. The molecule has 0 aliphatic heterocycles. The van der Waals surface area contributed by atoms with Gasteiger partial charge in [0.15, 0.2) is 5.16 Å². The van der Waals surface area contributed by atoms with Gasteiger partial charge in [0.2, 0.25) is 15.9 Å². The molecule has 1 amide bonds. The molecule has 2 aromatic carbocycles. The summed E-state index contributed by atoms with van der Waals surface area (Å²) in [5.74, 6) is -0.00710. The summed E-state index contributed by atoms with van der Waals surface area (Å²) in [5.41, 5.74) is 3.83. The number of carbonyl (C=O) groups excluding carboxylic acids is 1. The highest BCUT2D eigenvalue weighted by atomic mass is 32.2. The van der Waals surface area contributed by atoms with Gasteiger partial charge < -0.3 is 9.88 Å². The van der Waals surface area contributed by atoms with Gasteiger partial charge in [-0.15, -0.1) is 11.3 Å². The summed E-state index contributed by atoms with van der Waals surface area (Å²) in [7, 11) is -3.81. The van der Waals surface area contributed by atoms with Crippen LogP contribution in [0.15, 0.2) is 57.9 Å². The maximum absolute atomic E-state index is 12.6. The molecule has 3 N–H and O–H groups in total. The van der Waals surface area contributed by atoms with Gasteiger partial charge in [0.25, 0.3) is 0 Å². The standard InChI is InChI=1S/C21H21N5O3S3/c1-3-26-19-8-7-16(32(22,28)29)10-17(19)25-21(26)31-12-20(27)24-15-6-4-5-14(9-15)18-11-30-13(2)23-18/h4-11H,3,12H2,1-2H3,(H,24,27)(H2,22,28,29). The number of amides is 1. The van der Waals surface area contributed by atoms with Crippen molar-refractivity contribution in [3.63, 3.8) is 0 Å². The van der Waals surface area contributed by atoms with Crippen LogP contribution in [0.25, 0.3) is 22.3 Å². The minimum Gasteiger partial charge on any atom is -0.325 e. The number of primary sulfonamides is 1. The fourth-order valence-corrected chi connectivity index (χ4v) is 5.29. The van der Waals surface area contributed by atoms with E-state index in [1.807, 2.05) is 48.1 Å². The summed E-state index contributed by atoms with van der Waals surface area (Å²) in [4.78, 5) is 21.6. The topological polar surface area (TPSA) is 120 Å². The van der Waals surface area contributed by atoms with Crippen LogP contribution in [0.3, 0.4) is 0 Å². The number of thioether (sulfide) groups is 1. The van der Waals surface area contributed by atoms with Crippen LogP contribution in [-0.2, 0) is 21.4 Å². The normalized spacial score (nSPS) is 11.7. The Kier molecular flexibility index (Phi) is 6.33. The second-order valence-corrected chi connectivity index (χ2v) is 10.6. The summed E-state index contributed by atoms with van der Waals surface area (Å²) in [6.45, 7) is 4.55. The van der Waals surface area contributed by atoms with E-state index in [2.05, 4.69) is 15.3 Å². The molecule has 0 aliphatic carbocycles. The molecule has 0 fully saturated rings. The average Bonchev–Trinajstić information content (AvgIpc) is 3.34. The first-order valence-corrected chi connectivity index (χ1v) is 13.1. The van der Waals surface area contributed by atoms with Gasteiger partial charge in [0.05, 0.1) is 32.4 Å². The fourth-order valence-electron chi connectivity index (χ4n) is 3.26. The van der Waals surface area contributed by atoms with Gasteiger partial charge in [-0.3, -0.25) is 4.79 Å². The van der Waals surface area contributed by atoms with Crippen LogP contribution in [0.2, 0.25) is 0 Å². The number of aromatic nitrogens is 3. The number of aryl methyl sites for hydroxylation is 2. The summed E-state index contributed by atoms with van der Waals surface area (Å²) >= 11 is 2.87. The zero-order valence-corrected chi connectivity index (χ0v) is 19.9. The van der Waals surface area contributed by atoms with E-state index >= 15 is 0 Å². The van der Waals surface area contributed by atoms with Crippen LogP contribution in [0.5, 0.6) is 0 Å². The zero-order valence-electron chi connectivity index (χ0n) is 17.4. The maximum Gasteiger partial charge on any atom is 0.238 e. The number of hydrogen-bond donors (Lipinski definition) is 2. The van der Waals surface area contributed by atoms with Crippen LogP contribution in [0, 0.1) is 6.92 Å². The van der Waals surface area contributed by atoms with Crippen molar-refractivity contribution < 1.29 is 13.2 Å². The third-order valence-corrected chi connectivity index (χ3v) is 7.38. The van der Waals surface area contributed by atoms with Gasteiger partial charge >= 0.3 is 0 Å². The second kappa shape index (κ2) is 9.02. The Hall–Kier alpha value is -2.73. The lowest BCUT2D eigenvalue weighted by molar-refractivity contribution is -0.113. The summed E-state index contributed by atoms with van der Waals surface area (Å²) in [6.07, 6.45) is 0. The third-order valence-electron chi connectivity index (χ3n) is 4.72. The Bertz CT molecular complexity index is 1410. The molecule has 0 aliphatic rings. The molecule has 2 heterocycles. The molecule has 11 heteroatoms. The lowest BCUT2D eigenvalue weighted by Gasteiger charge is -2.08. The predicted molar refractivity (Wildman–Crippen MR) is 128 cm³/mol. The Labute approximate surface area is 193 Å². The molecular formula is C21H21N5O3S3. The minimum atomic E-state index is -3.81. The van der Waals surface area contributed by atoms with Gasteiger partial charge in [-0.25, -0.2) is 23.5 Å². The second-order valence-electron chi connectivity index (χ2n) is 7.00. The molecule has 0 radical (unpaired) electrons. The molecule has 0 atom stereocenters. The molecule has 2 aromatic heterocycles. The molecule has 0 spiro atoms. The molecule has 0 unspecified atom stereocenters. The van der Waals surface area contributed by atoms with Crippen molar-refractivity contribution in [3.05, 3.63) is 52.9 Å². The van der Waals surface area contributed by atoms with Crippen LogP contribution in [-0.4, -0.2) is 34.6 Å². The molecule has 32 heavy (non-hydrogen) atoms. The molecule has 8 nitrogen and oxygen atoms in total. The van der Waals surface area contributed by atoms with E-state index in [0.717, 1.165) is 21.8 Å². The first-order chi connectivity index (χ1) is 15.2. The number of nitrogens with zero attached hydrogens (tertiary/aromatic N) is 3. The lowest BCUT2D eigenvalue weighted by Crippen LogP contribution is -2.14. The van der Waals surface area contributed by atoms with E-state index in [0.29, 0.717) is 22.9 Å². The summed E-state index contributed by atoms with van der Waals surface area (Å²) < 4.78 is 25.2. The first kappa shape index (κ1) is 22.5. The molecule has 4 rings (SSSR count). The number of rotatable bonds is 7. The van der Waals surface area contributed by atoms with Crippen LogP contribution in [0.4, 0.5) is 5.69 Å². The molecule has 166 valence electrons. The van der Waals surface area contributed by atoms with Gasteiger partial charge in [-0.1, -0.05) is 23.9 Å². The van der Waals surface area contributed by atoms with Crippen molar-refractivity contribution in [2.24, 2.45) is 5.14 Å². The predicted octanol–water partition coefficient (Wildman–Crippen LogP) is 3.87. The van der Waals surface area contributed by atoms with E-state index in [-0.39, 0.29) is 16.6 Å². The van der Waals surface area contributed by atoms with Crippen LogP contribution >= 0.6 is 23.1 Å². The van der Waals surface area contributed by atoms with Crippen molar-refractivity contribution in [2.75, 3.05) is 11.1 Å². The van der Waals surface area contributed by atoms with Crippen LogP contribution < -0.4 is 10.5 Å². The zero-order chi connectivity index (χ0) is 22.9. The molecule has 0 bridgehead atoms. The SMILES string of the molecule is CCn1c(SCC(=O)Nc2cccc(-c3csc(C)n3)c2)nc2cc(S(N)(=O)=O)ccc21. The molecular weight excluding hydrogens is 466 g/mol. The van der Waals surface area contributed by atoms with Gasteiger partial charge in [-0.05, 0) is 44.2 Å². The Balaban J connectivity index is 1.48. The van der Waals surface area contributed by atoms with Gasteiger partial charge in [0, 0.05) is 23.2 Å².